The fraction of sp³-hybridized carbons (Fsp3) is 0.857. The zero-order valence-electron chi connectivity index (χ0n) is 11.2. The molecule has 2 heterocycles. The third-order valence-electron chi connectivity index (χ3n) is 4.03. The van der Waals surface area contributed by atoms with Gasteiger partial charge in [-0.05, 0) is 31.1 Å². The highest BCUT2D eigenvalue weighted by Crippen LogP contribution is 2.22. The van der Waals surface area contributed by atoms with Crippen molar-refractivity contribution in [1.82, 2.24) is 9.21 Å². The van der Waals surface area contributed by atoms with E-state index in [2.05, 4.69) is 48.0 Å². The summed E-state index contributed by atoms with van der Waals surface area (Å²) in [5.74, 6) is 1.50. The van der Waals surface area contributed by atoms with Crippen LogP contribution in [0.1, 0.15) is 33.1 Å². The van der Waals surface area contributed by atoms with Gasteiger partial charge in [-0.1, -0.05) is 38.8 Å². The number of hydrogen-bond acceptors (Lipinski definition) is 3. The van der Waals surface area contributed by atoms with E-state index in [9.17, 15) is 0 Å². The summed E-state index contributed by atoms with van der Waals surface area (Å²) in [6, 6.07) is 0.787. The van der Waals surface area contributed by atoms with Gasteiger partial charge in [0, 0.05) is 32.2 Å². The lowest BCUT2D eigenvalue weighted by Crippen LogP contribution is -2.46. The Labute approximate surface area is 112 Å². The van der Waals surface area contributed by atoms with E-state index in [0.717, 1.165) is 25.0 Å². The molecule has 0 aromatic heterocycles. The maximum atomic E-state index is 4.44. The maximum Gasteiger partial charge on any atom is 0.0121 e. The van der Waals surface area contributed by atoms with Gasteiger partial charge in [-0.25, -0.2) is 0 Å². The van der Waals surface area contributed by atoms with Crippen LogP contribution in [0.4, 0.5) is 0 Å². The summed E-state index contributed by atoms with van der Waals surface area (Å²) in [6.45, 7) is 9.50. The normalized spacial score (nSPS) is 34.5. The largest absolute Gasteiger partial charge is 0.299 e. The van der Waals surface area contributed by atoms with Crippen molar-refractivity contribution in [3.8, 4) is 0 Å². The Kier molecular flexibility index (Phi) is 4.95. The standard InChI is InChI=1S/C14H26N2S/c1-12-4-3-5-13(2)11-15(10-12)14-6-8-16(17)9-7-14/h3-4,12-14,17H,5-11H2,1-2H3. The molecule has 0 saturated carbocycles. The van der Waals surface area contributed by atoms with Crippen LogP contribution in [-0.4, -0.2) is 41.4 Å². The van der Waals surface area contributed by atoms with Crippen molar-refractivity contribution in [2.45, 2.75) is 39.2 Å². The summed E-state index contributed by atoms with van der Waals surface area (Å²) in [6.07, 6.45) is 8.59. The topological polar surface area (TPSA) is 6.48 Å². The van der Waals surface area contributed by atoms with Crippen LogP contribution in [0.2, 0.25) is 0 Å². The first kappa shape index (κ1) is 13.4. The summed E-state index contributed by atoms with van der Waals surface area (Å²) < 4.78 is 2.16. The second-order valence-electron chi connectivity index (χ2n) is 5.89. The van der Waals surface area contributed by atoms with Gasteiger partial charge >= 0.3 is 0 Å². The van der Waals surface area contributed by atoms with Gasteiger partial charge in [0.15, 0.2) is 0 Å². The molecule has 2 rings (SSSR count). The van der Waals surface area contributed by atoms with Crippen LogP contribution in [0.3, 0.4) is 0 Å². The molecule has 2 atom stereocenters. The number of piperidine rings is 1. The van der Waals surface area contributed by atoms with E-state index in [1.807, 2.05) is 0 Å². The average Bonchev–Trinajstić information content (AvgIpc) is 2.27. The minimum absolute atomic E-state index is 0.705. The number of hydrogen-bond donors (Lipinski definition) is 1. The molecule has 0 aromatic carbocycles. The number of nitrogens with zero attached hydrogens (tertiary/aromatic N) is 2. The molecule has 2 aliphatic heterocycles. The summed E-state index contributed by atoms with van der Waals surface area (Å²) >= 11 is 4.44. The quantitative estimate of drug-likeness (QED) is 0.568. The first-order valence-corrected chi connectivity index (χ1v) is 7.39. The monoisotopic (exact) mass is 254 g/mol. The molecule has 1 saturated heterocycles. The van der Waals surface area contributed by atoms with Gasteiger partial charge in [-0.15, -0.1) is 0 Å². The number of rotatable bonds is 1. The molecule has 0 N–H and O–H groups in total. The molecule has 98 valence electrons. The van der Waals surface area contributed by atoms with Crippen molar-refractivity contribution in [2.75, 3.05) is 26.2 Å². The second-order valence-corrected chi connectivity index (χ2v) is 6.45. The average molecular weight is 254 g/mol. The minimum atomic E-state index is 0.705. The van der Waals surface area contributed by atoms with E-state index < -0.39 is 0 Å². The van der Waals surface area contributed by atoms with Crippen molar-refractivity contribution in [3.63, 3.8) is 0 Å². The predicted octanol–water partition coefficient (Wildman–Crippen LogP) is 2.83. The molecular weight excluding hydrogens is 228 g/mol. The Balaban J connectivity index is 1.95. The smallest absolute Gasteiger partial charge is 0.0121 e. The van der Waals surface area contributed by atoms with Crippen LogP contribution in [0.5, 0.6) is 0 Å². The molecule has 17 heavy (non-hydrogen) atoms. The molecule has 0 radical (unpaired) electrons. The van der Waals surface area contributed by atoms with Gasteiger partial charge in [-0.2, -0.15) is 0 Å². The van der Waals surface area contributed by atoms with Crippen molar-refractivity contribution >= 4 is 12.8 Å². The molecule has 2 unspecified atom stereocenters. The van der Waals surface area contributed by atoms with Crippen molar-refractivity contribution in [1.29, 1.82) is 0 Å². The molecule has 0 aromatic rings. The van der Waals surface area contributed by atoms with E-state index in [0.29, 0.717) is 5.92 Å². The van der Waals surface area contributed by atoms with Crippen LogP contribution in [0.15, 0.2) is 12.2 Å². The van der Waals surface area contributed by atoms with Gasteiger partial charge in [-0.3, -0.25) is 9.21 Å². The molecule has 0 amide bonds. The van der Waals surface area contributed by atoms with E-state index in [4.69, 9.17) is 0 Å². The van der Waals surface area contributed by atoms with Crippen LogP contribution < -0.4 is 0 Å². The zero-order chi connectivity index (χ0) is 12.3. The van der Waals surface area contributed by atoms with Crippen LogP contribution in [0, 0.1) is 11.8 Å². The van der Waals surface area contributed by atoms with E-state index >= 15 is 0 Å². The SMILES string of the molecule is CC1C=CCC(C)CN(C2CCN(S)CC2)C1. The Morgan fingerprint density at radius 1 is 1.12 bits per heavy atom. The maximum absolute atomic E-state index is 4.44. The van der Waals surface area contributed by atoms with Crippen molar-refractivity contribution < 1.29 is 0 Å². The summed E-state index contributed by atoms with van der Waals surface area (Å²) in [5.41, 5.74) is 0. The van der Waals surface area contributed by atoms with Gasteiger partial charge in [0.05, 0.1) is 0 Å². The molecule has 2 nitrogen and oxygen atoms in total. The Bertz CT molecular complexity index is 259. The summed E-state index contributed by atoms with van der Waals surface area (Å²) in [7, 11) is 0. The Morgan fingerprint density at radius 3 is 2.53 bits per heavy atom. The third kappa shape index (κ3) is 4.01. The van der Waals surface area contributed by atoms with E-state index in [-0.39, 0.29) is 0 Å². The molecule has 2 aliphatic rings. The van der Waals surface area contributed by atoms with Gasteiger partial charge < -0.3 is 0 Å². The Morgan fingerprint density at radius 2 is 1.82 bits per heavy atom. The second kappa shape index (κ2) is 6.26. The minimum Gasteiger partial charge on any atom is -0.299 e. The lowest BCUT2D eigenvalue weighted by atomic mass is 9.96. The number of allylic oxidation sites excluding steroid dienone is 1. The lowest BCUT2D eigenvalue weighted by molar-refractivity contribution is 0.114. The summed E-state index contributed by atoms with van der Waals surface area (Å²) in [5, 5.41) is 0. The van der Waals surface area contributed by atoms with Gasteiger partial charge in [0.25, 0.3) is 0 Å². The highest BCUT2D eigenvalue weighted by atomic mass is 32.1. The zero-order valence-corrected chi connectivity index (χ0v) is 12.1. The first-order valence-electron chi connectivity index (χ1n) is 6.99. The van der Waals surface area contributed by atoms with Crippen LogP contribution >= 0.6 is 12.8 Å². The predicted molar refractivity (Wildman–Crippen MR) is 77.2 cm³/mol. The Hall–Kier alpha value is 0.0100. The van der Waals surface area contributed by atoms with Gasteiger partial charge in [0.1, 0.15) is 0 Å². The third-order valence-corrected chi connectivity index (χ3v) is 4.43. The fourth-order valence-electron chi connectivity index (χ4n) is 3.04. The molecular formula is C14H26N2S. The molecule has 3 heteroatoms. The molecule has 0 bridgehead atoms. The summed E-state index contributed by atoms with van der Waals surface area (Å²) in [4.78, 5) is 2.74. The fourth-order valence-corrected chi connectivity index (χ4v) is 3.27. The first-order chi connectivity index (χ1) is 8.15. The van der Waals surface area contributed by atoms with Crippen molar-refractivity contribution in [2.24, 2.45) is 11.8 Å². The highest BCUT2D eigenvalue weighted by molar-refractivity contribution is 7.77. The van der Waals surface area contributed by atoms with Crippen molar-refractivity contribution in [3.05, 3.63) is 12.2 Å². The van der Waals surface area contributed by atoms with Gasteiger partial charge in [0.2, 0.25) is 0 Å². The number of thiol groups is 1. The highest BCUT2D eigenvalue weighted by Gasteiger charge is 2.25. The van der Waals surface area contributed by atoms with E-state index in [1.165, 1.54) is 32.4 Å². The lowest BCUT2D eigenvalue weighted by Gasteiger charge is -2.39. The van der Waals surface area contributed by atoms with Crippen LogP contribution in [0.25, 0.3) is 0 Å². The molecule has 1 fully saturated rings. The molecule has 0 aliphatic carbocycles. The van der Waals surface area contributed by atoms with Crippen LogP contribution in [-0.2, 0) is 0 Å². The van der Waals surface area contributed by atoms with E-state index in [1.54, 1.807) is 0 Å². The molecule has 0 spiro atoms.